The molecule has 1 aromatic carbocycles. The van der Waals surface area contributed by atoms with Crippen LogP contribution in [0.5, 0.6) is 0 Å². The minimum Gasteiger partial charge on any atom is -0.128 e. The first-order valence-electron chi connectivity index (χ1n) is 4.07. The zero-order valence-electron chi connectivity index (χ0n) is 7.51. The van der Waals surface area contributed by atoms with Crippen molar-refractivity contribution in [3.8, 4) is 0 Å². The van der Waals surface area contributed by atoms with Crippen molar-refractivity contribution in [2.75, 3.05) is 6.26 Å². The molecule has 0 aliphatic heterocycles. The van der Waals surface area contributed by atoms with Crippen molar-refractivity contribution in [3.63, 3.8) is 0 Å². The van der Waals surface area contributed by atoms with Crippen molar-refractivity contribution in [1.82, 2.24) is 0 Å². The maximum Gasteiger partial charge on any atom is 0.0608 e. The second kappa shape index (κ2) is 4.60. The van der Waals surface area contributed by atoms with Crippen LogP contribution in [0, 0.1) is 3.57 Å². The second-order valence-corrected chi connectivity index (χ2v) is 6.36. The summed E-state index contributed by atoms with van der Waals surface area (Å²) in [5.41, 5.74) is 1.23. The number of thiophene rings is 1. The molecule has 0 amide bonds. The highest BCUT2D eigenvalue weighted by Gasteiger charge is 2.07. The predicted octanol–water partition coefficient (Wildman–Crippen LogP) is 4.97. The Balaban J connectivity index is 2.68. The molecule has 0 saturated carbocycles. The van der Waals surface area contributed by atoms with Crippen LogP contribution in [0.4, 0.5) is 0 Å². The van der Waals surface area contributed by atoms with Crippen LogP contribution in [0.1, 0.15) is 5.56 Å². The summed E-state index contributed by atoms with van der Waals surface area (Å²) in [6.07, 6.45) is 2.11. The maximum absolute atomic E-state index is 5.87. The molecule has 1 aromatic heterocycles. The van der Waals surface area contributed by atoms with Crippen molar-refractivity contribution in [1.29, 1.82) is 0 Å². The van der Waals surface area contributed by atoms with Gasteiger partial charge in [0.2, 0.25) is 0 Å². The van der Waals surface area contributed by atoms with Crippen LogP contribution in [0.15, 0.2) is 22.4 Å². The van der Waals surface area contributed by atoms with Crippen molar-refractivity contribution < 1.29 is 0 Å². The molecule has 0 unspecified atom stereocenters. The number of rotatable bonds is 2. The van der Waals surface area contributed by atoms with Gasteiger partial charge in [0, 0.05) is 14.2 Å². The third kappa shape index (κ3) is 1.92. The molecule has 2 rings (SSSR count). The van der Waals surface area contributed by atoms with Crippen LogP contribution in [0.2, 0.25) is 0 Å². The fourth-order valence-electron chi connectivity index (χ4n) is 1.29. The van der Waals surface area contributed by atoms with Gasteiger partial charge in [-0.05, 0) is 45.9 Å². The van der Waals surface area contributed by atoms with Gasteiger partial charge in [0.25, 0.3) is 0 Å². The molecule has 0 nitrogen and oxygen atoms in total. The number of fused-ring (bicyclic) bond motifs is 1. The lowest BCUT2D eigenvalue weighted by Gasteiger charge is -2.00. The molecular weight excluding hydrogens is 347 g/mol. The fourth-order valence-corrected chi connectivity index (χ4v) is 4.43. The molecule has 0 aliphatic rings. The Hall–Kier alpha value is 0.550. The first-order valence-corrected chi connectivity index (χ1v) is 7.72. The van der Waals surface area contributed by atoms with E-state index in [0.717, 1.165) is 0 Å². The SMILES string of the molecule is CSc1cc2ccc(CCl)c(I)c2s1. The lowest BCUT2D eigenvalue weighted by atomic mass is 10.2. The van der Waals surface area contributed by atoms with Crippen molar-refractivity contribution in [2.45, 2.75) is 10.1 Å². The Morgan fingerprint density at radius 2 is 2.29 bits per heavy atom. The molecule has 0 aliphatic carbocycles. The van der Waals surface area contributed by atoms with Gasteiger partial charge in [0.1, 0.15) is 0 Å². The third-order valence-electron chi connectivity index (χ3n) is 2.03. The summed E-state index contributed by atoms with van der Waals surface area (Å²) >= 11 is 11.9. The molecule has 2 aromatic rings. The Morgan fingerprint density at radius 1 is 1.50 bits per heavy atom. The van der Waals surface area contributed by atoms with Crippen LogP contribution in [-0.2, 0) is 5.88 Å². The molecule has 4 heteroatoms. The highest BCUT2D eigenvalue weighted by atomic mass is 127. The molecule has 1 heterocycles. The second-order valence-electron chi connectivity index (χ2n) is 2.86. The van der Waals surface area contributed by atoms with Gasteiger partial charge in [-0.1, -0.05) is 12.1 Å². The number of halogens is 2. The standard InChI is InChI=1S/C10H8ClIS2/c1-13-8-4-6-2-3-7(5-11)9(12)10(6)14-8/h2-4H,5H2,1H3. The van der Waals surface area contributed by atoms with Crippen LogP contribution >= 0.6 is 57.3 Å². The zero-order valence-corrected chi connectivity index (χ0v) is 12.1. The summed E-state index contributed by atoms with van der Waals surface area (Å²) < 4.78 is 4.04. The van der Waals surface area contributed by atoms with E-state index in [9.17, 15) is 0 Å². The quantitative estimate of drug-likeness (QED) is 0.417. The number of benzene rings is 1. The molecule has 14 heavy (non-hydrogen) atoms. The third-order valence-corrected chi connectivity index (χ3v) is 6.15. The van der Waals surface area contributed by atoms with E-state index in [1.807, 2.05) is 11.3 Å². The van der Waals surface area contributed by atoms with Crippen molar-refractivity contribution >= 4 is 67.4 Å². The van der Waals surface area contributed by atoms with Gasteiger partial charge >= 0.3 is 0 Å². The molecular formula is C10H8ClIS2. The first-order chi connectivity index (χ1) is 6.76. The highest BCUT2D eigenvalue weighted by molar-refractivity contribution is 14.1. The highest BCUT2D eigenvalue weighted by Crippen LogP contribution is 2.36. The average Bonchev–Trinajstić information content (AvgIpc) is 2.62. The predicted molar refractivity (Wildman–Crippen MR) is 75.9 cm³/mol. The summed E-state index contributed by atoms with van der Waals surface area (Å²) in [6, 6.07) is 6.52. The van der Waals surface area contributed by atoms with Crippen molar-refractivity contribution in [2.24, 2.45) is 0 Å². The van der Waals surface area contributed by atoms with Gasteiger partial charge in [-0.15, -0.1) is 34.7 Å². The minimum absolute atomic E-state index is 0.598. The Bertz CT molecular complexity index is 464. The van der Waals surface area contributed by atoms with Crippen molar-refractivity contribution in [3.05, 3.63) is 27.3 Å². The molecule has 74 valence electrons. The molecule has 0 bridgehead atoms. The Kier molecular flexibility index (Phi) is 3.63. The van der Waals surface area contributed by atoms with E-state index < -0.39 is 0 Å². The topological polar surface area (TPSA) is 0 Å². The summed E-state index contributed by atoms with van der Waals surface area (Å²) in [4.78, 5) is 0. The zero-order chi connectivity index (χ0) is 10.1. The van der Waals surface area contributed by atoms with E-state index in [0.29, 0.717) is 5.88 Å². The fraction of sp³-hybridized carbons (Fsp3) is 0.200. The molecule has 0 N–H and O–H groups in total. The van der Waals surface area contributed by atoms with Gasteiger partial charge in [-0.2, -0.15) is 0 Å². The van der Waals surface area contributed by atoms with Crippen LogP contribution in [0.3, 0.4) is 0 Å². The Morgan fingerprint density at radius 3 is 2.93 bits per heavy atom. The normalized spacial score (nSPS) is 11.1. The van der Waals surface area contributed by atoms with E-state index in [1.165, 1.54) is 23.4 Å². The lowest BCUT2D eigenvalue weighted by Crippen LogP contribution is -1.82. The van der Waals surface area contributed by atoms with Gasteiger partial charge in [-0.3, -0.25) is 0 Å². The number of alkyl halides is 1. The maximum atomic E-state index is 5.87. The first kappa shape index (κ1) is 11.0. The molecule has 0 radical (unpaired) electrons. The largest absolute Gasteiger partial charge is 0.128 e. The van der Waals surface area contributed by atoms with Gasteiger partial charge in [0.05, 0.1) is 4.21 Å². The summed E-state index contributed by atoms with van der Waals surface area (Å²) in [5.74, 6) is 0.598. The average molecular weight is 355 g/mol. The number of thioether (sulfide) groups is 1. The Labute approximate surface area is 110 Å². The lowest BCUT2D eigenvalue weighted by molar-refractivity contribution is 1.40. The van der Waals surface area contributed by atoms with E-state index >= 15 is 0 Å². The summed E-state index contributed by atoms with van der Waals surface area (Å²) in [7, 11) is 0. The molecule has 0 saturated heterocycles. The number of hydrogen-bond acceptors (Lipinski definition) is 2. The van der Waals surface area contributed by atoms with Crippen LogP contribution in [0.25, 0.3) is 10.1 Å². The monoisotopic (exact) mass is 354 g/mol. The van der Waals surface area contributed by atoms with Gasteiger partial charge < -0.3 is 0 Å². The summed E-state index contributed by atoms with van der Waals surface area (Å²) in [5, 5.41) is 1.33. The number of hydrogen-bond donors (Lipinski definition) is 0. The van der Waals surface area contributed by atoms with Crippen LogP contribution < -0.4 is 0 Å². The smallest absolute Gasteiger partial charge is 0.0608 e. The molecule has 0 fully saturated rings. The van der Waals surface area contributed by atoms with Crippen LogP contribution in [-0.4, -0.2) is 6.26 Å². The van der Waals surface area contributed by atoms with E-state index in [1.54, 1.807) is 11.8 Å². The molecule has 0 spiro atoms. The van der Waals surface area contributed by atoms with Gasteiger partial charge in [0.15, 0.2) is 0 Å². The molecule has 0 atom stereocenters. The van der Waals surface area contributed by atoms with E-state index in [-0.39, 0.29) is 0 Å². The summed E-state index contributed by atoms with van der Waals surface area (Å²) in [6.45, 7) is 0. The van der Waals surface area contributed by atoms with Gasteiger partial charge in [-0.25, -0.2) is 0 Å². The van der Waals surface area contributed by atoms with E-state index in [2.05, 4.69) is 47.0 Å². The van der Waals surface area contributed by atoms with E-state index in [4.69, 9.17) is 11.6 Å². The minimum atomic E-state index is 0.598.